The quantitative estimate of drug-likeness (QED) is 0.673. The number of nitrogens with one attached hydrogen (secondary N) is 1. The largest absolute Gasteiger partial charge is 0.355 e. The van der Waals surface area contributed by atoms with Gasteiger partial charge in [-0.2, -0.15) is 0 Å². The summed E-state index contributed by atoms with van der Waals surface area (Å²) in [5.41, 5.74) is 5.88. The first-order valence-electron chi connectivity index (χ1n) is 7.46. The van der Waals surface area contributed by atoms with Crippen LogP contribution in [0, 0.1) is 11.3 Å². The van der Waals surface area contributed by atoms with Gasteiger partial charge < -0.3 is 16.0 Å². The predicted molar refractivity (Wildman–Crippen MR) is 82.0 cm³/mol. The van der Waals surface area contributed by atoms with Crippen molar-refractivity contribution in [2.24, 2.45) is 17.1 Å². The highest BCUT2D eigenvalue weighted by Gasteiger charge is 2.24. The maximum Gasteiger partial charge on any atom is 0.220 e. The van der Waals surface area contributed by atoms with Gasteiger partial charge >= 0.3 is 0 Å². The Bertz CT molecular complexity index is 248. The molecule has 0 spiro atoms. The third-order valence-corrected chi connectivity index (χ3v) is 3.82. The van der Waals surface area contributed by atoms with Crippen LogP contribution in [0.1, 0.15) is 47.0 Å². The van der Waals surface area contributed by atoms with Crippen LogP contribution in [0.25, 0.3) is 0 Å². The van der Waals surface area contributed by atoms with Crippen LogP contribution in [0.5, 0.6) is 0 Å². The molecule has 0 saturated carbocycles. The Hall–Kier alpha value is -0.610. The molecule has 0 rings (SSSR count). The molecule has 0 aromatic rings. The summed E-state index contributed by atoms with van der Waals surface area (Å²) in [7, 11) is 2.06. The van der Waals surface area contributed by atoms with Gasteiger partial charge in [-0.3, -0.25) is 4.79 Å². The van der Waals surface area contributed by atoms with Gasteiger partial charge in [0.25, 0.3) is 0 Å². The Balaban J connectivity index is 3.92. The molecular weight excluding hydrogens is 238 g/mol. The molecule has 0 aromatic heterocycles. The monoisotopic (exact) mass is 271 g/mol. The standard InChI is InChI=1S/C15H33N3O/c1-6-18(5)12-11-17-14(19)8-7-13(9-10-16)15(2,3)4/h13H,6-12,16H2,1-5H3,(H,17,19). The molecule has 0 saturated heterocycles. The number of rotatable bonds is 9. The first kappa shape index (κ1) is 18.4. The van der Waals surface area contributed by atoms with Crippen LogP contribution >= 0.6 is 0 Å². The van der Waals surface area contributed by atoms with E-state index in [1.165, 1.54) is 0 Å². The fourth-order valence-corrected chi connectivity index (χ4v) is 2.15. The van der Waals surface area contributed by atoms with E-state index in [1.54, 1.807) is 0 Å². The third-order valence-electron chi connectivity index (χ3n) is 3.82. The topological polar surface area (TPSA) is 58.4 Å². The zero-order valence-electron chi connectivity index (χ0n) is 13.5. The molecule has 4 nitrogen and oxygen atoms in total. The van der Waals surface area contributed by atoms with Crippen molar-refractivity contribution in [3.05, 3.63) is 0 Å². The van der Waals surface area contributed by atoms with E-state index < -0.39 is 0 Å². The lowest BCUT2D eigenvalue weighted by atomic mass is 9.76. The molecule has 0 aliphatic rings. The van der Waals surface area contributed by atoms with Gasteiger partial charge in [0.2, 0.25) is 5.91 Å². The van der Waals surface area contributed by atoms with Crippen molar-refractivity contribution in [2.45, 2.75) is 47.0 Å². The van der Waals surface area contributed by atoms with E-state index in [0.29, 0.717) is 18.9 Å². The second kappa shape index (κ2) is 9.32. The highest BCUT2D eigenvalue weighted by molar-refractivity contribution is 5.75. The molecule has 0 fully saturated rings. The van der Waals surface area contributed by atoms with Crippen molar-refractivity contribution in [1.29, 1.82) is 0 Å². The molecule has 4 heteroatoms. The fraction of sp³-hybridized carbons (Fsp3) is 0.933. The van der Waals surface area contributed by atoms with E-state index in [9.17, 15) is 4.79 Å². The second-order valence-corrected chi connectivity index (χ2v) is 6.42. The third kappa shape index (κ3) is 9.00. The number of hydrogen-bond donors (Lipinski definition) is 2. The molecule has 0 aliphatic carbocycles. The molecule has 0 heterocycles. The van der Waals surface area contributed by atoms with E-state index in [4.69, 9.17) is 5.73 Å². The summed E-state index contributed by atoms with van der Waals surface area (Å²) in [6.45, 7) is 12.1. The Kier molecular flexibility index (Phi) is 9.02. The average Bonchev–Trinajstić information content (AvgIpc) is 2.32. The summed E-state index contributed by atoms with van der Waals surface area (Å²) in [6, 6.07) is 0. The second-order valence-electron chi connectivity index (χ2n) is 6.42. The number of nitrogens with zero attached hydrogens (tertiary/aromatic N) is 1. The van der Waals surface area contributed by atoms with Crippen molar-refractivity contribution in [2.75, 3.05) is 33.2 Å². The highest BCUT2D eigenvalue weighted by Crippen LogP contribution is 2.31. The molecule has 0 bridgehead atoms. The van der Waals surface area contributed by atoms with E-state index in [1.807, 2.05) is 0 Å². The average molecular weight is 271 g/mol. The van der Waals surface area contributed by atoms with Crippen LogP contribution in [-0.4, -0.2) is 44.0 Å². The summed E-state index contributed by atoms with van der Waals surface area (Å²) >= 11 is 0. The fourth-order valence-electron chi connectivity index (χ4n) is 2.15. The lowest BCUT2D eigenvalue weighted by molar-refractivity contribution is -0.121. The van der Waals surface area contributed by atoms with Gasteiger partial charge in [-0.1, -0.05) is 27.7 Å². The molecule has 114 valence electrons. The highest BCUT2D eigenvalue weighted by atomic mass is 16.1. The predicted octanol–water partition coefficient (Wildman–Crippen LogP) is 1.85. The van der Waals surface area contributed by atoms with Crippen molar-refractivity contribution < 1.29 is 4.79 Å². The normalized spacial score (nSPS) is 13.6. The Morgan fingerprint density at radius 3 is 2.42 bits per heavy atom. The lowest BCUT2D eigenvalue weighted by Gasteiger charge is -2.30. The number of hydrogen-bond acceptors (Lipinski definition) is 3. The minimum atomic E-state index is 0.163. The van der Waals surface area contributed by atoms with Gasteiger partial charge in [0.1, 0.15) is 0 Å². The van der Waals surface area contributed by atoms with Crippen LogP contribution in [0.3, 0.4) is 0 Å². The first-order valence-corrected chi connectivity index (χ1v) is 7.46. The summed E-state index contributed by atoms with van der Waals surface area (Å²) in [5.74, 6) is 0.678. The molecule has 1 unspecified atom stereocenters. The van der Waals surface area contributed by atoms with E-state index in [2.05, 4.69) is 45.0 Å². The van der Waals surface area contributed by atoms with E-state index >= 15 is 0 Å². The van der Waals surface area contributed by atoms with E-state index in [-0.39, 0.29) is 11.3 Å². The van der Waals surface area contributed by atoms with Crippen molar-refractivity contribution in [3.63, 3.8) is 0 Å². The minimum Gasteiger partial charge on any atom is -0.355 e. The Morgan fingerprint density at radius 2 is 1.95 bits per heavy atom. The molecular formula is C15H33N3O. The molecule has 0 radical (unpaired) electrons. The van der Waals surface area contributed by atoms with Gasteiger partial charge in [-0.25, -0.2) is 0 Å². The summed E-state index contributed by atoms with van der Waals surface area (Å²) in [4.78, 5) is 14.0. The number of amides is 1. The van der Waals surface area contributed by atoms with Gasteiger partial charge in [0.05, 0.1) is 0 Å². The number of carbonyl (C=O) groups is 1. The molecule has 19 heavy (non-hydrogen) atoms. The van der Waals surface area contributed by atoms with Gasteiger partial charge in [0, 0.05) is 19.5 Å². The summed E-state index contributed by atoms with van der Waals surface area (Å²) in [6.07, 6.45) is 2.53. The van der Waals surface area contributed by atoms with Crippen LogP contribution < -0.4 is 11.1 Å². The number of carbonyl (C=O) groups excluding carboxylic acids is 1. The lowest BCUT2D eigenvalue weighted by Crippen LogP contribution is -2.33. The maximum atomic E-state index is 11.8. The number of nitrogens with two attached hydrogens (primary N) is 1. The Labute approximate surface area is 119 Å². The molecule has 0 aliphatic heterocycles. The van der Waals surface area contributed by atoms with Gasteiger partial charge in [-0.15, -0.1) is 0 Å². The van der Waals surface area contributed by atoms with Crippen molar-refractivity contribution >= 4 is 5.91 Å². The summed E-state index contributed by atoms with van der Waals surface area (Å²) in [5, 5.41) is 2.98. The zero-order chi connectivity index (χ0) is 14.9. The Morgan fingerprint density at radius 1 is 1.32 bits per heavy atom. The zero-order valence-corrected chi connectivity index (χ0v) is 13.5. The van der Waals surface area contributed by atoms with Crippen LogP contribution in [0.15, 0.2) is 0 Å². The van der Waals surface area contributed by atoms with Gasteiger partial charge in [-0.05, 0) is 44.3 Å². The minimum absolute atomic E-state index is 0.163. The van der Waals surface area contributed by atoms with Gasteiger partial charge in [0.15, 0.2) is 0 Å². The van der Waals surface area contributed by atoms with Crippen LogP contribution in [0.4, 0.5) is 0 Å². The van der Waals surface area contributed by atoms with Crippen LogP contribution in [-0.2, 0) is 4.79 Å². The van der Waals surface area contributed by atoms with Crippen LogP contribution in [0.2, 0.25) is 0 Å². The van der Waals surface area contributed by atoms with Crippen molar-refractivity contribution in [3.8, 4) is 0 Å². The smallest absolute Gasteiger partial charge is 0.220 e. The summed E-state index contributed by atoms with van der Waals surface area (Å²) < 4.78 is 0. The molecule has 1 atom stereocenters. The first-order chi connectivity index (χ1) is 8.81. The number of likely N-dealkylation sites (N-methyl/N-ethyl adjacent to an activating group) is 1. The van der Waals surface area contributed by atoms with E-state index in [0.717, 1.165) is 32.5 Å². The molecule has 0 aromatic carbocycles. The maximum absolute atomic E-state index is 11.8. The molecule has 1 amide bonds. The van der Waals surface area contributed by atoms with Crippen molar-refractivity contribution in [1.82, 2.24) is 10.2 Å². The SMILES string of the molecule is CCN(C)CCNC(=O)CCC(CCN)C(C)(C)C. The molecule has 3 N–H and O–H groups in total.